The molecule has 18 heavy (non-hydrogen) atoms. The highest BCUT2D eigenvalue weighted by Crippen LogP contribution is 2.22. The van der Waals surface area contributed by atoms with E-state index in [1.54, 1.807) is 19.1 Å². The second-order valence-electron chi connectivity index (χ2n) is 3.53. The van der Waals surface area contributed by atoms with Gasteiger partial charge in [0.25, 0.3) is 0 Å². The number of halogens is 1. The van der Waals surface area contributed by atoms with Gasteiger partial charge in [-0.15, -0.1) is 11.6 Å². The zero-order valence-corrected chi connectivity index (χ0v) is 10.9. The van der Waals surface area contributed by atoms with Gasteiger partial charge in [0.2, 0.25) is 0 Å². The number of rotatable bonds is 6. The Morgan fingerprint density at radius 2 is 1.89 bits per heavy atom. The Morgan fingerprint density at radius 3 is 2.44 bits per heavy atom. The third-order valence-electron chi connectivity index (χ3n) is 2.21. The van der Waals surface area contributed by atoms with Crippen LogP contribution < -0.4 is 0 Å². The van der Waals surface area contributed by atoms with Crippen LogP contribution in [0.15, 0.2) is 30.3 Å². The van der Waals surface area contributed by atoms with Crippen molar-refractivity contribution in [3.05, 3.63) is 35.9 Å². The molecule has 1 atom stereocenters. The van der Waals surface area contributed by atoms with Crippen LogP contribution in [-0.2, 0) is 19.1 Å². The fourth-order valence-corrected chi connectivity index (χ4v) is 1.52. The molecule has 0 saturated heterocycles. The third kappa shape index (κ3) is 4.75. The Hall–Kier alpha value is -1.55. The highest BCUT2D eigenvalue weighted by molar-refractivity contribution is 6.26. The van der Waals surface area contributed by atoms with Gasteiger partial charge in [-0.2, -0.15) is 0 Å². The molecular weight excluding hydrogens is 256 g/mol. The van der Waals surface area contributed by atoms with E-state index in [0.29, 0.717) is 6.61 Å². The van der Waals surface area contributed by atoms with E-state index < -0.39 is 18.0 Å². The Morgan fingerprint density at radius 1 is 1.22 bits per heavy atom. The molecular formula is C13H15ClO4. The number of esters is 2. The van der Waals surface area contributed by atoms with E-state index in [1.807, 2.05) is 18.2 Å². The van der Waals surface area contributed by atoms with Gasteiger partial charge in [-0.25, -0.2) is 0 Å². The predicted molar refractivity (Wildman–Crippen MR) is 67.2 cm³/mol. The van der Waals surface area contributed by atoms with Crippen molar-refractivity contribution < 1.29 is 19.1 Å². The first-order chi connectivity index (χ1) is 8.67. The number of ether oxygens (including phenoxy) is 2. The van der Waals surface area contributed by atoms with Gasteiger partial charge in [-0.05, 0) is 12.5 Å². The van der Waals surface area contributed by atoms with Crippen molar-refractivity contribution in [2.75, 3.05) is 12.5 Å². The topological polar surface area (TPSA) is 52.6 Å². The lowest BCUT2D eigenvalue weighted by molar-refractivity contribution is -0.153. The number of hydrogen-bond donors (Lipinski definition) is 0. The van der Waals surface area contributed by atoms with Crippen LogP contribution >= 0.6 is 11.6 Å². The zero-order valence-electron chi connectivity index (χ0n) is 10.1. The van der Waals surface area contributed by atoms with Crippen LogP contribution in [0.25, 0.3) is 0 Å². The molecule has 0 spiro atoms. The van der Waals surface area contributed by atoms with E-state index in [4.69, 9.17) is 21.1 Å². The molecule has 0 N–H and O–H groups in total. The molecule has 1 unspecified atom stereocenters. The molecule has 0 fully saturated rings. The van der Waals surface area contributed by atoms with Gasteiger partial charge in [0.15, 0.2) is 0 Å². The van der Waals surface area contributed by atoms with Crippen LogP contribution in [-0.4, -0.2) is 24.4 Å². The van der Waals surface area contributed by atoms with Gasteiger partial charge in [-0.3, -0.25) is 9.59 Å². The molecule has 0 amide bonds. The molecule has 98 valence electrons. The van der Waals surface area contributed by atoms with Gasteiger partial charge in [0.05, 0.1) is 13.0 Å². The lowest BCUT2D eigenvalue weighted by Crippen LogP contribution is -2.17. The minimum absolute atomic E-state index is 0.0134. The lowest BCUT2D eigenvalue weighted by atomic mass is 10.1. The number of carbonyl (C=O) groups excluding carboxylic acids is 2. The molecule has 1 rings (SSSR count). The number of benzene rings is 1. The van der Waals surface area contributed by atoms with E-state index in [0.717, 1.165) is 5.56 Å². The van der Waals surface area contributed by atoms with Gasteiger partial charge < -0.3 is 9.47 Å². The Balaban J connectivity index is 2.75. The molecule has 0 aliphatic heterocycles. The largest absolute Gasteiger partial charge is 0.466 e. The van der Waals surface area contributed by atoms with Crippen LogP contribution in [0.4, 0.5) is 0 Å². The van der Waals surface area contributed by atoms with Crippen molar-refractivity contribution in [2.24, 2.45) is 0 Å². The number of carbonyl (C=O) groups is 2. The molecule has 0 saturated carbocycles. The second-order valence-corrected chi connectivity index (χ2v) is 3.80. The second kappa shape index (κ2) is 7.71. The quantitative estimate of drug-likeness (QED) is 0.589. The first-order valence-corrected chi connectivity index (χ1v) is 6.16. The molecule has 5 heteroatoms. The molecule has 0 aliphatic rings. The summed E-state index contributed by atoms with van der Waals surface area (Å²) in [5, 5.41) is 0. The van der Waals surface area contributed by atoms with Crippen molar-refractivity contribution in [1.29, 1.82) is 0 Å². The normalized spacial score (nSPS) is 11.7. The first-order valence-electron chi connectivity index (χ1n) is 5.63. The summed E-state index contributed by atoms with van der Waals surface area (Å²) in [4.78, 5) is 22.7. The molecule has 4 nitrogen and oxygen atoms in total. The summed E-state index contributed by atoms with van der Waals surface area (Å²) in [5.74, 6) is -1.21. The van der Waals surface area contributed by atoms with E-state index in [1.165, 1.54) is 0 Å². The molecule has 1 aromatic carbocycles. The predicted octanol–water partition coefficient (Wildman–Crippen LogP) is 2.46. The average Bonchev–Trinajstić information content (AvgIpc) is 2.39. The minimum Gasteiger partial charge on any atom is -0.466 e. The summed E-state index contributed by atoms with van der Waals surface area (Å²) in [5.41, 5.74) is 0.740. The van der Waals surface area contributed by atoms with Gasteiger partial charge in [0.1, 0.15) is 12.0 Å². The van der Waals surface area contributed by atoms with E-state index >= 15 is 0 Å². The molecule has 0 aliphatic carbocycles. The van der Waals surface area contributed by atoms with Crippen LogP contribution in [0.3, 0.4) is 0 Å². The summed E-state index contributed by atoms with van der Waals surface area (Å²) in [6.45, 7) is 2.02. The number of hydrogen-bond acceptors (Lipinski definition) is 4. The Kier molecular flexibility index (Phi) is 6.22. The van der Waals surface area contributed by atoms with Gasteiger partial charge >= 0.3 is 11.9 Å². The minimum atomic E-state index is -0.656. The smallest absolute Gasteiger partial charge is 0.321 e. The first kappa shape index (κ1) is 14.5. The summed E-state index contributed by atoms with van der Waals surface area (Å²) >= 11 is 5.39. The van der Waals surface area contributed by atoms with Crippen LogP contribution in [0.2, 0.25) is 0 Å². The maximum absolute atomic E-state index is 11.5. The molecule has 0 aromatic heterocycles. The van der Waals surface area contributed by atoms with Crippen molar-refractivity contribution in [1.82, 2.24) is 0 Å². The molecule has 0 radical (unpaired) electrons. The van der Waals surface area contributed by atoms with Crippen molar-refractivity contribution in [2.45, 2.75) is 19.4 Å². The summed E-state index contributed by atoms with van der Waals surface area (Å²) in [7, 11) is 0. The highest BCUT2D eigenvalue weighted by Gasteiger charge is 2.20. The zero-order chi connectivity index (χ0) is 13.4. The summed E-state index contributed by atoms with van der Waals surface area (Å²) in [6.07, 6.45) is -0.669. The van der Waals surface area contributed by atoms with Gasteiger partial charge in [0, 0.05) is 0 Å². The maximum Gasteiger partial charge on any atom is 0.321 e. The van der Waals surface area contributed by atoms with Gasteiger partial charge in [-0.1, -0.05) is 30.3 Å². The van der Waals surface area contributed by atoms with Crippen LogP contribution in [0, 0.1) is 0 Å². The number of alkyl halides is 1. The Bertz CT molecular complexity index is 391. The standard InChI is InChI=1S/C13H15ClO4/c1-2-17-12(15)8-11(18-13(16)9-14)10-6-4-3-5-7-10/h3-7,11H,2,8-9H2,1H3. The molecule has 1 aromatic rings. The van der Waals surface area contributed by atoms with E-state index in [-0.39, 0.29) is 12.3 Å². The summed E-state index contributed by atoms with van der Waals surface area (Å²) in [6, 6.07) is 9.02. The SMILES string of the molecule is CCOC(=O)CC(OC(=O)CCl)c1ccccc1. The van der Waals surface area contributed by atoms with Crippen LogP contribution in [0.5, 0.6) is 0 Å². The Labute approximate surface area is 111 Å². The van der Waals surface area contributed by atoms with Crippen molar-refractivity contribution >= 4 is 23.5 Å². The highest BCUT2D eigenvalue weighted by atomic mass is 35.5. The average molecular weight is 271 g/mol. The summed E-state index contributed by atoms with van der Waals surface area (Å²) < 4.78 is 9.98. The fraction of sp³-hybridized carbons (Fsp3) is 0.385. The molecule has 0 heterocycles. The monoisotopic (exact) mass is 270 g/mol. The maximum atomic E-state index is 11.5. The van der Waals surface area contributed by atoms with E-state index in [2.05, 4.69) is 0 Å². The van der Waals surface area contributed by atoms with E-state index in [9.17, 15) is 9.59 Å². The van der Waals surface area contributed by atoms with Crippen molar-refractivity contribution in [3.63, 3.8) is 0 Å². The lowest BCUT2D eigenvalue weighted by Gasteiger charge is -2.16. The van der Waals surface area contributed by atoms with Crippen molar-refractivity contribution in [3.8, 4) is 0 Å². The van der Waals surface area contributed by atoms with Crippen LogP contribution in [0.1, 0.15) is 25.0 Å². The fourth-order valence-electron chi connectivity index (χ4n) is 1.46. The third-order valence-corrected chi connectivity index (χ3v) is 2.43. The molecule has 0 bridgehead atoms.